The van der Waals surface area contributed by atoms with Gasteiger partial charge in [-0.1, -0.05) is 20.8 Å². The zero-order valence-corrected chi connectivity index (χ0v) is 23.0. The van der Waals surface area contributed by atoms with Crippen LogP contribution in [0.15, 0.2) is 11.1 Å². The fraction of sp³-hybridized carbons (Fsp3) is 0.815. The summed E-state index contributed by atoms with van der Waals surface area (Å²) in [5, 5.41) is 59.7. The third-order valence-corrected chi connectivity index (χ3v) is 10.3. The molecule has 1 heterocycles. The number of Topliss-reactive ketones (excluding diaryl/α,β-unsaturated/α-hetero) is 1. The Morgan fingerprint density at radius 1 is 1.18 bits per heavy atom. The number of hydrogen-bond donors (Lipinski definition) is 6. The van der Waals surface area contributed by atoms with Gasteiger partial charge in [0.05, 0.1) is 35.9 Å². The zero-order chi connectivity index (χ0) is 28.7. The van der Waals surface area contributed by atoms with E-state index in [4.69, 9.17) is 9.47 Å². The molecule has 0 radical (unpaired) electrons. The van der Waals surface area contributed by atoms with Crippen LogP contribution in [0.4, 0.5) is 0 Å². The minimum Gasteiger partial charge on any atom is -0.456 e. The number of carbonyl (C=O) groups is 3. The molecule has 1 unspecified atom stereocenters. The molecule has 6 N–H and O–H groups in total. The molecule has 11 atom stereocenters. The first-order valence-electron chi connectivity index (χ1n) is 13.2. The highest BCUT2D eigenvalue weighted by atomic mass is 16.6. The van der Waals surface area contributed by atoms with Gasteiger partial charge in [-0.3, -0.25) is 9.59 Å². The summed E-state index contributed by atoms with van der Waals surface area (Å²) in [7, 11) is 0. The summed E-state index contributed by atoms with van der Waals surface area (Å²) in [4.78, 5) is 38.3. The van der Waals surface area contributed by atoms with Gasteiger partial charge in [-0.25, -0.2) is 4.79 Å². The van der Waals surface area contributed by atoms with Gasteiger partial charge >= 0.3 is 5.97 Å². The molecular weight excluding hydrogens is 498 g/mol. The Hall–Kier alpha value is -1.89. The zero-order valence-electron chi connectivity index (χ0n) is 23.0. The number of hydrogen-bond acceptors (Lipinski definition) is 10. The van der Waals surface area contributed by atoms with E-state index in [1.165, 1.54) is 20.8 Å². The highest BCUT2D eigenvalue weighted by Crippen LogP contribution is 2.64. The van der Waals surface area contributed by atoms with Crippen LogP contribution in [-0.2, 0) is 23.9 Å². The van der Waals surface area contributed by atoms with Crippen molar-refractivity contribution >= 4 is 17.7 Å². The molecule has 0 aromatic heterocycles. The fourth-order valence-corrected chi connectivity index (χ4v) is 7.93. The Bertz CT molecular complexity index is 1070. The van der Waals surface area contributed by atoms with Crippen molar-refractivity contribution in [3.8, 4) is 0 Å². The molecule has 38 heavy (non-hydrogen) atoms. The van der Waals surface area contributed by atoms with Crippen molar-refractivity contribution < 1.29 is 49.4 Å². The molecule has 0 aromatic carbocycles. The number of aliphatic hydroxyl groups excluding tert-OH is 3. The van der Waals surface area contributed by atoms with Crippen LogP contribution in [0, 0.1) is 22.7 Å². The maximum Gasteiger partial charge on any atom is 0.337 e. The smallest absolute Gasteiger partial charge is 0.337 e. The number of ketones is 1. The van der Waals surface area contributed by atoms with E-state index in [9.17, 15) is 39.9 Å². The summed E-state index contributed by atoms with van der Waals surface area (Å²) in [5.74, 6) is -3.96. The molecule has 0 aromatic rings. The van der Waals surface area contributed by atoms with E-state index in [0.717, 1.165) is 0 Å². The number of rotatable bonds is 4. The van der Waals surface area contributed by atoms with Crippen LogP contribution in [0.2, 0.25) is 0 Å². The summed E-state index contributed by atoms with van der Waals surface area (Å²) in [6, 6.07) is -0.943. The highest BCUT2D eigenvalue weighted by molar-refractivity contribution is 5.93. The lowest BCUT2D eigenvalue weighted by molar-refractivity contribution is -0.335. The topological polar surface area (TPSA) is 183 Å². The Morgan fingerprint density at radius 3 is 2.32 bits per heavy atom. The van der Waals surface area contributed by atoms with E-state index in [1.54, 1.807) is 27.7 Å². The lowest BCUT2D eigenvalue weighted by Gasteiger charge is -2.67. The summed E-state index contributed by atoms with van der Waals surface area (Å²) in [6.07, 6.45) is -6.65. The third kappa shape index (κ3) is 3.73. The van der Waals surface area contributed by atoms with E-state index in [2.05, 4.69) is 5.32 Å². The number of aliphatic hydroxyl groups is 5. The number of ether oxygens (including phenoxy) is 2. The van der Waals surface area contributed by atoms with Crippen molar-refractivity contribution in [1.82, 2.24) is 5.32 Å². The predicted molar refractivity (Wildman–Crippen MR) is 132 cm³/mol. The van der Waals surface area contributed by atoms with Crippen LogP contribution >= 0.6 is 0 Å². The first kappa shape index (κ1) is 29.1. The molecule has 2 bridgehead atoms. The Morgan fingerprint density at radius 2 is 1.79 bits per heavy atom. The van der Waals surface area contributed by atoms with Gasteiger partial charge in [0.2, 0.25) is 5.91 Å². The number of esters is 1. The molecule has 214 valence electrons. The molecular formula is C27H41NO10. The molecule has 11 nitrogen and oxygen atoms in total. The van der Waals surface area contributed by atoms with E-state index in [-0.39, 0.29) is 25.0 Å². The van der Waals surface area contributed by atoms with E-state index < -0.39 is 88.1 Å². The summed E-state index contributed by atoms with van der Waals surface area (Å²) < 4.78 is 11.2. The van der Waals surface area contributed by atoms with Gasteiger partial charge in [0.25, 0.3) is 0 Å². The van der Waals surface area contributed by atoms with Crippen molar-refractivity contribution in [1.29, 1.82) is 0 Å². The molecule has 11 heteroatoms. The van der Waals surface area contributed by atoms with Gasteiger partial charge in [-0.15, -0.1) is 0 Å². The Labute approximate surface area is 222 Å². The van der Waals surface area contributed by atoms with Gasteiger partial charge in [-0.2, -0.15) is 0 Å². The summed E-state index contributed by atoms with van der Waals surface area (Å²) in [5.41, 5.74) is -5.48. The monoisotopic (exact) mass is 539 g/mol. The van der Waals surface area contributed by atoms with E-state index in [1.807, 2.05) is 0 Å². The quantitative estimate of drug-likeness (QED) is 0.198. The minimum atomic E-state index is -1.75. The van der Waals surface area contributed by atoms with Crippen molar-refractivity contribution in [3.05, 3.63) is 11.1 Å². The van der Waals surface area contributed by atoms with Gasteiger partial charge in [0.1, 0.15) is 17.8 Å². The molecule has 3 aliphatic carbocycles. The highest BCUT2D eigenvalue weighted by Gasteiger charge is 2.74. The molecule has 1 amide bonds. The first-order valence-corrected chi connectivity index (χ1v) is 13.2. The van der Waals surface area contributed by atoms with Crippen LogP contribution in [0.25, 0.3) is 0 Å². The number of carbonyl (C=O) groups excluding carboxylic acids is 3. The van der Waals surface area contributed by atoms with Crippen LogP contribution < -0.4 is 5.32 Å². The fourth-order valence-electron chi connectivity index (χ4n) is 7.93. The Kier molecular flexibility index (Phi) is 6.95. The van der Waals surface area contributed by atoms with Gasteiger partial charge in [0.15, 0.2) is 11.9 Å². The molecule has 4 rings (SSSR count). The second-order valence-electron chi connectivity index (χ2n) is 12.6. The molecule has 3 fully saturated rings. The Balaban J connectivity index is 1.82. The van der Waals surface area contributed by atoms with Crippen molar-refractivity contribution in [2.75, 3.05) is 6.61 Å². The minimum absolute atomic E-state index is 0.0130. The van der Waals surface area contributed by atoms with Gasteiger partial charge in [0, 0.05) is 31.1 Å². The maximum absolute atomic E-state index is 14.0. The van der Waals surface area contributed by atoms with Crippen LogP contribution in [0.5, 0.6) is 0 Å². The molecule has 1 saturated heterocycles. The molecule has 2 saturated carbocycles. The second-order valence-corrected chi connectivity index (χ2v) is 12.6. The number of nitrogens with one attached hydrogen (secondary N) is 1. The van der Waals surface area contributed by atoms with Gasteiger partial charge < -0.3 is 40.3 Å². The predicted octanol–water partition coefficient (Wildman–Crippen LogP) is -0.642. The first-order chi connectivity index (χ1) is 17.4. The van der Waals surface area contributed by atoms with Crippen LogP contribution in [-0.4, -0.2) is 97.6 Å². The SMILES string of the molecule is CC(=O)N[C@@H](C)[C@@H](O)C(=O)OC1C[C@@]2(O)[C@@H](C)[C@@H]3[C@]4(O)CO[C@@H]4C[C@H](O)[C@@]3(C)C(=O)[C@H](O)C(=C1C)C2(C)C. The average molecular weight is 540 g/mol. The largest absolute Gasteiger partial charge is 0.456 e. The third-order valence-electron chi connectivity index (χ3n) is 10.3. The summed E-state index contributed by atoms with van der Waals surface area (Å²) in [6.45, 7) is 10.8. The van der Waals surface area contributed by atoms with E-state index in [0.29, 0.717) is 5.57 Å². The average Bonchev–Trinajstić information content (AvgIpc) is 2.81. The second kappa shape index (κ2) is 9.07. The van der Waals surface area contributed by atoms with Crippen molar-refractivity contribution in [2.45, 2.75) is 109 Å². The van der Waals surface area contributed by atoms with Crippen LogP contribution in [0.1, 0.15) is 61.3 Å². The molecule has 4 aliphatic rings. The molecule has 1 aliphatic heterocycles. The van der Waals surface area contributed by atoms with Crippen LogP contribution in [0.3, 0.4) is 0 Å². The van der Waals surface area contributed by atoms with Crippen molar-refractivity contribution in [2.24, 2.45) is 22.7 Å². The lowest BCUT2D eigenvalue weighted by atomic mass is 9.43. The lowest BCUT2D eigenvalue weighted by Crippen LogP contribution is -2.78. The standard InChI is InChI=1S/C27H41NO10/c1-11-15(38-23(34)19(31)13(3)28-14(4)29)9-27(36)12(2)21-25(7,16(30)8-17-26(21,35)10-37-17)22(33)20(32)18(11)24(27,5)6/h12-13,15-17,19-21,30-32,35-36H,8-10H2,1-7H3,(H,28,29)/t12-,13-,15?,16-,17+,19+,20+,21-,25+,26-,27+/m0/s1. The number of amides is 1. The molecule has 0 spiro atoms. The summed E-state index contributed by atoms with van der Waals surface area (Å²) >= 11 is 0. The normalized spacial score (nSPS) is 45.4. The number of fused-ring (bicyclic) bond motifs is 5. The van der Waals surface area contributed by atoms with Crippen molar-refractivity contribution in [3.63, 3.8) is 0 Å². The van der Waals surface area contributed by atoms with E-state index >= 15 is 0 Å². The maximum atomic E-state index is 14.0. The van der Waals surface area contributed by atoms with Gasteiger partial charge in [-0.05, 0) is 37.8 Å².